The summed E-state index contributed by atoms with van der Waals surface area (Å²) in [7, 11) is 0. The summed E-state index contributed by atoms with van der Waals surface area (Å²) in [5, 5.41) is 15.5. The third-order valence-electron chi connectivity index (χ3n) is 13.0. The van der Waals surface area contributed by atoms with Crippen molar-refractivity contribution in [2.45, 2.75) is 65.0 Å². The minimum Gasteiger partial charge on any atom is -0.424 e. The molecule has 0 aliphatic carbocycles. The van der Waals surface area contributed by atoms with Gasteiger partial charge in [0, 0.05) is 49.7 Å². The van der Waals surface area contributed by atoms with Gasteiger partial charge in [-0.25, -0.2) is 14.4 Å². The number of rotatable bonds is 12. The fourth-order valence-corrected chi connectivity index (χ4v) is 9.70. The molecule has 6 heterocycles. The van der Waals surface area contributed by atoms with Crippen LogP contribution in [0.15, 0.2) is 112 Å². The van der Waals surface area contributed by atoms with Crippen molar-refractivity contribution >= 4 is 46.0 Å². The Bertz CT molecular complexity index is 3010. The molecule has 2 saturated heterocycles. The van der Waals surface area contributed by atoms with Crippen LogP contribution in [0.2, 0.25) is 0 Å². The van der Waals surface area contributed by atoms with Gasteiger partial charge in [-0.15, -0.1) is 0 Å². The van der Waals surface area contributed by atoms with Crippen LogP contribution in [0.3, 0.4) is 0 Å². The number of carbonyl (C=O) groups excluding carboxylic acids is 2. The number of likely N-dealkylation sites (tertiary alicyclic amines) is 2. The van der Waals surface area contributed by atoms with Crippen LogP contribution >= 0.6 is 0 Å². The largest absolute Gasteiger partial charge is 0.424 e. The van der Waals surface area contributed by atoms with E-state index >= 15 is 0 Å². The average molecular weight is 888 g/mol. The Balaban J connectivity index is 0.928. The number of nitrogens with one attached hydrogen (secondary N) is 2. The fraction of sp³-hybridized carbons (Fsp3) is 0.320. The lowest BCUT2D eigenvalue weighted by molar-refractivity contribution is 0.0515. The second kappa shape index (κ2) is 18.2. The molecule has 2 aliphatic rings. The first-order valence-electron chi connectivity index (χ1n) is 22.6. The van der Waals surface area contributed by atoms with E-state index in [2.05, 4.69) is 37.7 Å². The first-order valence-corrected chi connectivity index (χ1v) is 22.6. The number of oxazole rings is 2. The molecular formula is C50H50FN11O4. The highest BCUT2D eigenvalue weighted by Gasteiger charge is 2.37. The predicted molar refractivity (Wildman–Crippen MR) is 248 cm³/mol. The third-order valence-corrected chi connectivity index (χ3v) is 13.0. The Morgan fingerprint density at radius 1 is 0.727 bits per heavy atom. The number of nitrogens with zero attached hydrogens (tertiary/aromatic N) is 9. The Kier molecular flexibility index (Phi) is 11.7. The van der Waals surface area contributed by atoms with Gasteiger partial charge in [-0.05, 0) is 112 Å². The monoisotopic (exact) mass is 887 g/mol. The van der Waals surface area contributed by atoms with Crippen molar-refractivity contribution in [3.63, 3.8) is 0 Å². The van der Waals surface area contributed by atoms with Gasteiger partial charge in [-0.2, -0.15) is 25.0 Å². The SMILES string of the molecule is Cc1ccc(C(=O)N2CCC[C@@H](C)[C@H]2CNc2nc3ccc(F)cc3o2)c(-c2nccc(C[C@@H]3CCCN(C(=O)c4cccc(C)c4-n4nccn4)[C@@H]3CNc3nc4ccccc4o3)n2)c1. The molecule has 4 atom stereocenters. The summed E-state index contributed by atoms with van der Waals surface area (Å²) in [6.45, 7) is 8.03. The lowest BCUT2D eigenvalue weighted by Crippen LogP contribution is -2.52. The molecule has 8 aromatic rings. The number of fused-ring (bicyclic) bond motifs is 2. The van der Waals surface area contributed by atoms with Crippen LogP contribution in [0, 0.1) is 31.5 Å². The predicted octanol–water partition coefficient (Wildman–Crippen LogP) is 8.69. The Labute approximate surface area is 380 Å². The molecule has 2 aliphatic heterocycles. The normalized spacial score (nSPS) is 18.8. The number of halogens is 1. The van der Waals surface area contributed by atoms with E-state index in [1.807, 2.05) is 90.4 Å². The lowest BCUT2D eigenvalue weighted by Gasteiger charge is -2.41. The fourth-order valence-electron chi connectivity index (χ4n) is 9.70. The maximum Gasteiger partial charge on any atom is 0.295 e. The van der Waals surface area contributed by atoms with Gasteiger partial charge in [-0.1, -0.05) is 42.8 Å². The maximum absolute atomic E-state index is 14.8. The summed E-state index contributed by atoms with van der Waals surface area (Å²) in [6, 6.07) is 25.5. The first-order chi connectivity index (χ1) is 32.2. The molecule has 10 rings (SSSR count). The quantitative estimate of drug-likeness (QED) is 0.120. The van der Waals surface area contributed by atoms with E-state index in [1.54, 1.807) is 24.7 Å². The van der Waals surface area contributed by atoms with Crippen molar-refractivity contribution in [1.82, 2.24) is 44.7 Å². The van der Waals surface area contributed by atoms with E-state index in [1.165, 1.54) is 16.9 Å². The summed E-state index contributed by atoms with van der Waals surface area (Å²) in [5.74, 6) is 0.0166. The lowest BCUT2D eigenvalue weighted by atomic mass is 9.84. The van der Waals surface area contributed by atoms with Crippen LogP contribution in [-0.2, 0) is 6.42 Å². The molecule has 0 spiro atoms. The molecule has 4 aromatic carbocycles. The van der Waals surface area contributed by atoms with Crippen molar-refractivity contribution in [1.29, 1.82) is 0 Å². The Morgan fingerprint density at radius 3 is 2.24 bits per heavy atom. The molecular weight excluding hydrogens is 838 g/mol. The van der Waals surface area contributed by atoms with E-state index in [4.69, 9.17) is 18.8 Å². The number of hydrogen-bond donors (Lipinski definition) is 2. The summed E-state index contributed by atoms with van der Waals surface area (Å²) < 4.78 is 25.8. The van der Waals surface area contributed by atoms with Crippen molar-refractivity contribution < 1.29 is 22.8 Å². The standard InChI is InChI=1S/C50H50FN11O4/c1-30-15-17-36(47(63)60-23-7-10-31(2)41(60)28-53-50-59-40-18-16-34(51)27-44(40)66-50)38(25-30)46-52-20-19-35(57-46)26-33-11-8-24-61(42(33)29-54-49-58-39-13-4-5-14-43(39)65-49)48(64)37-12-6-9-32(3)45(37)62-55-21-22-56-62/h4-6,9,12-22,25,27,31,33,41-42H,7-8,10-11,23-24,26,28-29H2,1-3H3,(H,53,59)(H,54,58)/t31-,33+,41-,42-/m1/s1. The second-order valence-electron chi connectivity index (χ2n) is 17.4. The van der Waals surface area contributed by atoms with E-state index in [0.717, 1.165) is 48.0 Å². The van der Waals surface area contributed by atoms with Crippen LogP contribution < -0.4 is 10.6 Å². The Morgan fingerprint density at radius 2 is 1.44 bits per heavy atom. The minimum atomic E-state index is -0.398. The number of anilines is 2. The number of piperidine rings is 2. The summed E-state index contributed by atoms with van der Waals surface area (Å²) in [6.07, 6.45) is 8.99. The zero-order chi connectivity index (χ0) is 45.3. The number of aryl methyl sites for hydroxylation is 2. The number of hydrogen-bond acceptors (Lipinski definition) is 12. The number of para-hydroxylation sites is 3. The highest BCUT2D eigenvalue weighted by Crippen LogP contribution is 2.33. The molecule has 2 amide bonds. The molecule has 2 N–H and O–H groups in total. The average Bonchev–Trinajstić information content (AvgIpc) is 4.11. The van der Waals surface area contributed by atoms with Gasteiger partial charge >= 0.3 is 0 Å². The number of benzene rings is 4. The van der Waals surface area contributed by atoms with Crippen molar-refractivity contribution in [2.24, 2.45) is 11.8 Å². The van der Waals surface area contributed by atoms with Crippen LogP contribution in [-0.4, -0.2) is 94.8 Å². The van der Waals surface area contributed by atoms with E-state index in [9.17, 15) is 14.0 Å². The van der Waals surface area contributed by atoms with Gasteiger partial charge in [-0.3, -0.25) is 9.59 Å². The number of aromatic nitrogens is 7. The van der Waals surface area contributed by atoms with Crippen LogP contribution in [0.1, 0.15) is 70.1 Å². The van der Waals surface area contributed by atoms with Gasteiger partial charge in [0.15, 0.2) is 17.0 Å². The molecule has 4 aromatic heterocycles. The van der Waals surface area contributed by atoms with Crippen LogP contribution in [0.4, 0.5) is 16.4 Å². The van der Waals surface area contributed by atoms with Gasteiger partial charge < -0.3 is 29.3 Å². The van der Waals surface area contributed by atoms with E-state index in [0.29, 0.717) is 83.5 Å². The summed E-state index contributed by atoms with van der Waals surface area (Å²) >= 11 is 0. The Hall–Kier alpha value is -7.49. The molecule has 16 heteroatoms. The smallest absolute Gasteiger partial charge is 0.295 e. The van der Waals surface area contributed by atoms with Crippen molar-refractivity contribution in [3.8, 4) is 17.1 Å². The molecule has 0 unspecified atom stereocenters. The van der Waals surface area contributed by atoms with Crippen molar-refractivity contribution in [3.05, 3.63) is 137 Å². The summed E-state index contributed by atoms with van der Waals surface area (Å²) in [5.41, 5.74) is 7.32. The molecule has 15 nitrogen and oxygen atoms in total. The van der Waals surface area contributed by atoms with E-state index < -0.39 is 5.82 Å². The zero-order valence-electron chi connectivity index (χ0n) is 37.0. The highest BCUT2D eigenvalue weighted by molar-refractivity contribution is 6.01. The molecule has 66 heavy (non-hydrogen) atoms. The molecule has 336 valence electrons. The molecule has 0 bridgehead atoms. The first kappa shape index (κ1) is 42.5. The van der Waals surface area contributed by atoms with Gasteiger partial charge in [0.25, 0.3) is 23.8 Å². The molecule has 0 saturated carbocycles. The number of carbonyl (C=O) groups is 2. The number of amides is 2. The summed E-state index contributed by atoms with van der Waals surface area (Å²) in [4.78, 5) is 54.1. The highest BCUT2D eigenvalue weighted by atomic mass is 19.1. The maximum atomic E-state index is 14.8. The topological polar surface area (TPSA) is 173 Å². The van der Waals surface area contributed by atoms with Gasteiger partial charge in [0.2, 0.25) is 0 Å². The van der Waals surface area contributed by atoms with Crippen LogP contribution in [0.25, 0.3) is 39.3 Å². The minimum absolute atomic E-state index is 0.0135. The van der Waals surface area contributed by atoms with Crippen LogP contribution in [0.5, 0.6) is 0 Å². The van der Waals surface area contributed by atoms with Crippen molar-refractivity contribution in [2.75, 3.05) is 36.8 Å². The molecule has 2 fully saturated rings. The van der Waals surface area contributed by atoms with E-state index in [-0.39, 0.29) is 41.7 Å². The zero-order valence-corrected chi connectivity index (χ0v) is 37.0. The van der Waals surface area contributed by atoms with Gasteiger partial charge in [0.05, 0.1) is 35.6 Å². The second-order valence-corrected chi connectivity index (χ2v) is 17.4. The molecule has 0 radical (unpaired) electrons. The third kappa shape index (κ3) is 8.57. The van der Waals surface area contributed by atoms with Gasteiger partial charge in [0.1, 0.15) is 22.5 Å².